The monoisotopic (exact) mass is 423 g/mol. The SMILES string of the molecule is CC(=O)c1ccc(NC(=O)COC(=O)CCS(=O)(=O)c2ccc(Cl)cc2)cc1. The highest BCUT2D eigenvalue weighted by atomic mass is 35.5. The van der Waals surface area contributed by atoms with Crippen LogP contribution in [0.3, 0.4) is 0 Å². The Kier molecular flexibility index (Phi) is 7.31. The fourth-order valence-corrected chi connectivity index (χ4v) is 3.53. The zero-order valence-corrected chi connectivity index (χ0v) is 16.5. The first kappa shape index (κ1) is 21.6. The summed E-state index contributed by atoms with van der Waals surface area (Å²) in [5.41, 5.74) is 0.947. The molecule has 0 radical (unpaired) electrons. The van der Waals surface area contributed by atoms with E-state index in [0.29, 0.717) is 16.3 Å². The first-order valence-corrected chi connectivity index (χ1v) is 10.3. The molecule has 0 aliphatic carbocycles. The number of anilines is 1. The van der Waals surface area contributed by atoms with Crippen LogP contribution in [-0.4, -0.2) is 38.4 Å². The van der Waals surface area contributed by atoms with Crippen molar-refractivity contribution in [3.8, 4) is 0 Å². The lowest BCUT2D eigenvalue weighted by molar-refractivity contribution is -0.146. The number of esters is 1. The number of carbonyl (C=O) groups excluding carboxylic acids is 3. The zero-order valence-electron chi connectivity index (χ0n) is 15.0. The van der Waals surface area contributed by atoms with E-state index in [1.807, 2.05) is 0 Å². The third-order valence-corrected chi connectivity index (χ3v) is 5.67. The predicted molar refractivity (Wildman–Crippen MR) is 104 cm³/mol. The van der Waals surface area contributed by atoms with Crippen LogP contribution in [0, 0.1) is 0 Å². The van der Waals surface area contributed by atoms with Gasteiger partial charge in [-0.2, -0.15) is 0 Å². The summed E-state index contributed by atoms with van der Waals surface area (Å²) in [7, 11) is -3.66. The number of hydrogen-bond donors (Lipinski definition) is 1. The van der Waals surface area contributed by atoms with Gasteiger partial charge in [0.25, 0.3) is 5.91 Å². The molecule has 0 aromatic heterocycles. The van der Waals surface area contributed by atoms with Crippen molar-refractivity contribution in [3.63, 3.8) is 0 Å². The molecule has 7 nitrogen and oxygen atoms in total. The predicted octanol–water partition coefficient (Wildman–Crippen LogP) is 2.89. The van der Waals surface area contributed by atoms with Gasteiger partial charge in [0, 0.05) is 16.3 Å². The summed E-state index contributed by atoms with van der Waals surface area (Å²) in [5, 5.41) is 2.91. The van der Waals surface area contributed by atoms with Crippen LogP contribution in [0.5, 0.6) is 0 Å². The van der Waals surface area contributed by atoms with Crippen molar-refractivity contribution in [2.24, 2.45) is 0 Å². The fraction of sp³-hybridized carbons (Fsp3) is 0.211. The third kappa shape index (κ3) is 6.47. The van der Waals surface area contributed by atoms with Crippen molar-refractivity contribution in [2.75, 3.05) is 17.7 Å². The summed E-state index contributed by atoms with van der Waals surface area (Å²) >= 11 is 5.72. The minimum Gasteiger partial charge on any atom is -0.456 e. The summed E-state index contributed by atoms with van der Waals surface area (Å²) in [6, 6.07) is 11.8. The Hall–Kier alpha value is -2.71. The summed E-state index contributed by atoms with van der Waals surface area (Å²) in [6.07, 6.45) is -0.383. The van der Waals surface area contributed by atoms with Gasteiger partial charge < -0.3 is 10.1 Å². The first-order chi connectivity index (χ1) is 13.2. The van der Waals surface area contributed by atoms with E-state index in [-0.39, 0.29) is 17.1 Å². The van der Waals surface area contributed by atoms with Gasteiger partial charge in [0.15, 0.2) is 22.2 Å². The molecular weight excluding hydrogens is 406 g/mol. The molecule has 0 aliphatic rings. The molecule has 1 N–H and O–H groups in total. The minimum absolute atomic E-state index is 0.0523. The van der Waals surface area contributed by atoms with E-state index in [0.717, 1.165) is 0 Å². The smallest absolute Gasteiger partial charge is 0.307 e. The number of carbonyl (C=O) groups is 3. The van der Waals surface area contributed by atoms with Gasteiger partial charge in [-0.3, -0.25) is 14.4 Å². The van der Waals surface area contributed by atoms with E-state index in [9.17, 15) is 22.8 Å². The molecule has 28 heavy (non-hydrogen) atoms. The van der Waals surface area contributed by atoms with E-state index in [4.69, 9.17) is 16.3 Å². The maximum absolute atomic E-state index is 12.1. The molecule has 0 saturated carbocycles. The van der Waals surface area contributed by atoms with Crippen LogP contribution in [-0.2, 0) is 24.2 Å². The van der Waals surface area contributed by atoms with Crippen molar-refractivity contribution in [1.29, 1.82) is 0 Å². The van der Waals surface area contributed by atoms with Crippen LogP contribution in [0.2, 0.25) is 5.02 Å². The number of ether oxygens (including phenoxy) is 1. The van der Waals surface area contributed by atoms with E-state index in [1.54, 1.807) is 24.3 Å². The Morgan fingerprint density at radius 1 is 1.00 bits per heavy atom. The molecule has 0 saturated heterocycles. The molecule has 9 heteroatoms. The van der Waals surface area contributed by atoms with Crippen molar-refractivity contribution in [3.05, 3.63) is 59.1 Å². The maximum Gasteiger partial charge on any atom is 0.307 e. The summed E-state index contributed by atoms with van der Waals surface area (Å²) in [5.74, 6) is -1.92. The largest absolute Gasteiger partial charge is 0.456 e. The van der Waals surface area contributed by atoms with Gasteiger partial charge in [-0.05, 0) is 55.5 Å². The highest BCUT2D eigenvalue weighted by Crippen LogP contribution is 2.16. The quantitative estimate of drug-likeness (QED) is 0.516. The topological polar surface area (TPSA) is 107 Å². The molecule has 2 aromatic rings. The normalized spacial score (nSPS) is 10.9. The van der Waals surface area contributed by atoms with Crippen LogP contribution in [0.25, 0.3) is 0 Å². The van der Waals surface area contributed by atoms with E-state index < -0.39 is 34.1 Å². The number of benzene rings is 2. The number of nitrogens with one attached hydrogen (secondary N) is 1. The number of ketones is 1. The van der Waals surface area contributed by atoms with Gasteiger partial charge in [-0.1, -0.05) is 11.6 Å². The Balaban J connectivity index is 1.79. The highest BCUT2D eigenvalue weighted by molar-refractivity contribution is 7.91. The number of Topliss-reactive ketones (excluding diaryl/α,β-unsaturated/α-hetero) is 1. The van der Waals surface area contributed by atoms with Gasteiger partial charge in [0.1, 0.15) is 0 Å². The lowest BCUT2D eigenvalue weighted by Gasteiger charge is -2.08. The number of rotatable bonds is 8. The van der Waals surface area contributed by atoms with Crippen molar-refractivity contribution >= 4 is 44.8 Å². The molecule has 0 aliphatic heterocycles. The Morgan fingerprint density at radius 2 is 1.61 bits per heavy atom. The van der Waals surface area contributed by atoms with E-state index in [2.05, 4.69) is 5.32 Å². The lowest BCUT2D eigenvalue weighted by atomic mass is 10.1. The van der Waals surface area contributed by atoms with Gasteiger partial charge >= 0.3 is 5.97 Å². The molecule has 148 valence electrons. The van der Waals surface area contributed by atoms with Crippen LogP contribution < -0.4 is 5.32 Å². The summed E-state index contributed by atoms with van der Waals surface area (Å²) in [4.78, 5) is 34.8. The molecule has 0 atom stereocenters. The second kappa shape index (κ2) is 9.48. The molecule has 0 fully saturated rings. The fourth-order valence-electron chi connectivity index (χ4n) is 2.18. The Morgan fingerprint density at radius 3 is 2.18 bits per heavy atom. The van der Waals surface area contributed by atoms with Gasteiger partial charge in [0.05, 0.1) is 17.1 Å². The highest BCUT2D eigenvalue weighted by Gasteiger charge is 2.17. The lowest BCUT2D eigenvalue weighted by Crippen LogP contribution is -2.22. The van der Waals surface area contributed by atoms with Gasteiger partial charge in [-0.25, -0.2) is 8.42 Å². The minimum atomic E-state index is -3.66. The van der Waals surface area contributed by atoms with E-state index >= 15 is 0 Å². The zero-order chi connectivity index (χ0) is 20.7. The Bertz CT molecular complexity index is 968. The molecule has 0 bridgehead atoms. The molecule has 2 aromatic carbocycles. The molecule has 1 amide bonds. The van der Waals surface area contributed by atoms with Gasteiger partial charge in [-0.15, -0.1) is 0 Å². The van der Waals surface area contributed by atoms with Crippen molar-refractivity contribution in [1.82, 2.24) is 0 Å². The third-order valence-electron chi connectivity index (χ3n) is 3.69. The number of halogens is 1. The molecule has 0 unspecified atom stereocenters. The maximum atomic E-state index is 12.1. The molecule has 0 spiro atoms. The molecule has 0 heterocycles. The molecular formula is C19H18ClNO6S. The van der Waals surface area contributed by atoms with Crippen LogP contribution >= 0.6 is 11.6 Å². The first-order valence-electron chi connectivity index (χ1n) is 8.22. The Labute approximate surface area is 167 Å². The van der Waals surface area contributed by atoms with Crippen molar-refractivity contribution in [2.45, 2.75) is 18.2 Å². The van der Waals surface area contributed by atoms with Crippen LogP contribution in [0.15, 0.2) is 53.4 Å². The van der Waals surface area contributed by atoms with Crippen LogP contribution in [0.1, 0.15) is 23.7 Å². The average molecular weight is 424 g/mol. The molecule has 2 rings (SSSR count). The number of amides is 1. The van der Waals surface area contributed by atoms with Crippen LogP contribution in [0.4, 0.5) is 5.69 Å². The summed E-state index contributed by atoms with van der Waals surface area (Å²) < 4.78 is 29.1. The average Bonchev–Trinajstić information content (AvgIpc) is 2.65. The van der Waals surface area contributed by atoms with Gasteiger partial charge in [0.2, 0.25) is 0 Å². The summed E-state index contributed by atoms with van der Waals surface area (Å²) in [6.45, 7) is 0.883. The van der Waals surface area contributed by atoms with Crippen molar-refractivity contribution < 1.29 is 27.5 Å². The second-order valence-electron chi connectivity index (χ2n) is 5.87. The van der Waals surface area contributed by atoms with E-state index in [1.165, 1.54) is 31.2 Å². The second-order valence-corrected chi connectivity index (χ2v) is 8.41. The number of hydrogen-bond acceptors (Lipinski definition) is 6. The number of sulfone groups is 1. The standard InChI is InChI=1S/C19H18ClNO6S/c1-13(22)14-2-6-16(7-3-14)21-18(23)12-27-19(24)10-11-28(25,26)17-8-4-15(20)5-9-17/h2-9H,10-12H2,1H3,(H,21,23).